The molecule has 1 aliphatic heterocycles. The van der Waals surface area contributed by atoms with Gasteiger partial charge in [0.25, 0.3) is 6.43 Å². The van der Waals surface area contributed by atoms with Gasteiger partial charge in [-0.25, -0.2) is 8.78 Å². The predicted octanol–water partition coefficient (Wildman–Crippen LogP) is 1.43. The molecule has 1 atom stereocenters. The number of epoxide rings is 1. The molecule has 0 bridgehead atoms. The molecule has 0 radical (unpaired) electrons. The Balaban J connectivity index is 2.36. The van der Waals surface area contributed by atoms with Gasteiger partial charge >= 0.3 is 0 Å². The number of hydrogen-bond acceptors (Lipinski definition) is 2. The summed E-state index contributed by atoms with van der Waals surface area (Å²) in [6.45, 7) is 0.533. The smallest absolute Gasteiger partial charge is 0.282 e. The molecule has 0 N–H and O–H groups in total. The number of hydrogen-bond donors (Lipinski definition) is 0. The van der Waals surface area contributed by atoms with E-state index in [1.54, 1.807) is 13.2 Å². The molecule has 0 saturated carbocycles. The van der Waals surface area contributed by atoms with E-state index in [1.807, 2.05) is 0 Å². The maximum atomic E-state index is 12.3. The van der Waals surface area contributed by atoms with Gasteiger partial charge in [0, 0.05) is 18.8 Å². The molecule has 1 aliphatic rings. The Labute approximate surface area is 67.9 Å². The molecule has 0 amide bonds. The van der Waals surface area contributed by atoms with Gasteiger partial charge in [-0.05, 0) is 0 Å². The average molecular weight is 174 g/mol. The van der Waals surface area contributed by atoms with Gasteiger partial charge in [-0.1, -0.05) is 0 Å². The van der Waals surface area contributed by atoms with Gasteiger partial charge in [0.1, 0.15) is 11.8 Å². The Morgan fingerprint density at radius 2 is 2.42 bits per heavy atom. The summed E-state index contributed by atoms with van der Waals surface area (Å²) >= 11 is 0. The molecule has 3 nitrogen and oxygen atoms in total. The second-order valence-corrected chi connectivity index (χ2v) is 2.77. The normalized spacial score (nSPS) is 21.8. The van der Waals surface area contributed by atoms with Crippen LogP contribution < -0.4 is 0 Å². The molecule has 1 aromatic heterocycles. The molecule has 0 aromatic carbocycles. The lowest BCUT2D eigenvalue weighted by Gasteiger charge is -1.94. The van der Waals surface area contributed by atoms with Crippen LogP contribution in [0.4, 0.5) is 8.78 Å². The first-order valence-corrected chi connectivity index (χ1v) is 3.61. The SMILES string of the molecule is Cn1cc([C@@H]2CO2)c(C(F)F)n1. The molecule has 12 heavy (non-hydrogen) atoms. The van der Waals surface area contributed by atoms with Crippen LogP contribution in [0, 0.1) is 0 Å². The Bertz CT molecular complexity index is 274. The summed E-state index contributed by atoms with van der Waals surface area (Å²) in [5, 5.41) is 3.66. The fraction of sp³-hybridized carbons (Fsp3) is 0.571. The van der Waals surface area contributed by atoms with Gasteiger partial charge in [-0.2, -0.15) is 5.10 Å². The van der Waals surface area contributed by atoms with Gasteiger partial charge in [0.05, 0.1) is 6.61 Å². The van der Waals surface area contributed by atoms with Gasteiger partial charge in [0.2, 0.25) is 0 Å². The van der Waals surface area contributed by atoms with Gasteiger partial charge in [-0.3, -0.25) is 4.68 Å². The summed E-state index contributed by atoms with van der Waals surface area (Å²) in [4.78, 5) is 0. The van der Waals surface area contributed by atoms with Crippen molar-refractivity contribution in [2.45, 2.75) is 12.5 Å². The van der Waals surface area contributed by atoms with E-state index >= 15 is 0 Å². The monoisotopic (exact) mass is 174 g/mol. The highest BCUT2D eigenvalue weighted by atomic mass is 19.3. The molecule has 0 aliphatic carbocycles. The summed E-state index contributed by atoms with van der Waals surface area (Å²) in [6, 6.07) is 0. The molecule has 1 saturated heterocycles. The average Bonchev–Trinajstić information content (AvgIpc) is 2.75. The van der Waals surface area contributed by atoms with Crippen LogP contribution in [0.15, 0.2) is 6.20 Å². The van der Waals surface area contributed by atoms with Crippen molar-refractivity contribution < 1.29 is 13.5 Å². The van der Waals surface area contributed by atoms with E-state index in [4.69, 9.17) is 4.74 Å². The Kier molecular flexibility index (Phi) is 1.61. The zero-order valence-corrected chi connectivity index (χ0v) is 6.50. The maximum absolute atomic E-state index is 12.3. The number of alkyl halides is 2. The highest BCUT2D eigenvalue weighted by Crippen LogP contribution is 2.35. The van der Waals surface area contributed by atoms with Gasteiger partial charge < -0.3 is 4.74 Å². The fourth-order valence-electron chi connectivity index (χ4n) is 1.17. The third-order valence-electron chi connectivity index (χ3n) is 1.77. The molecule has 0 spiro atoms. The summed E-state index contributed by atoms with van der Waals surface area (Å²) in [6.07, 6.45) is -1.08. The molecule has 66 valence electrons. The first-order valence-electron chi connectivity index (χ1n) is 3.61. The second kappa shape index (κ2) is 2.52. The second-order valence-electron chi connectivity index (χ2n) is 2.77. The van der Waals surface area contributed by atoms with E-state index in [2.05, 4.69) is 5.10 Å². The summed E-state index contributed by atoms with van der Waals surface area (Å²) in [7, 11) is 1.62. The molecule has 1 fully saturated rings. The van der Waals surface area contributed by atoms with Crippen LogP contribution in [0.3, 0.4) is 0 Å². The van der Waals surface area contributed by atoms with E-state index in [-0.39, 0.29) is 11.8 Å². The Morgan fingerprint density at radius 1 is 1.75 bits per heavy atom. The highest BCUT2D eigenvalue weighted by molar-refractivity contribution is 5.23. The number of aryl methyl sites for hydroxylation is 1. The van der Waals surface area contributed by atoms with Crippen molar-refractivity contribution in [3.8, 4) is 0 Å². The highest BCUT2D eigenvalue weighted by Gasteiger charge is 2.32. The molecule has 2 rings (SSSR count). The van der Waals surface area contributed by atoms with E-state index in [9.17, 15) is 8.78 Å². The van der Waals surface area contributed by atoms with Crippen LogP contribution in [0.1, 0.15) is 23.8 Å². The minimum absolute atomic E-state index is 0.150. The van der Waals surface area contributed by atoms with Crippen LogP contribution in [-0.4, -0.2) is 16.4 Å². The zero-order valence-electron chi connectivity index (χ0n) is 6.50. The minimum Gasteiger partial charge on any atom is -0.368 e. The molecular weight excluding hydrogens is 166 g/mol. The lowest BCUT2D eigenvalue weighted by molar-refractivity contribution is 0.143. The molecule has 0 unspecified atom stereocenters. The topological polar surface area (TPSA) is 30.4 Å². The van der Waals surface area contributed by atoms with Crippen molar-refractivity contribution >= 4 is 0 Å². The third kappa shape index (κ3) is 1.20. The van der Waals surface area contributed by atoms with E-state index < -0.39 is 6.43 Å². The van der Waals surface area contributed by atoms with E-state index in [1.165, 1.54) is 4.68 Å². The van der Waals surface area contributed by atoms with Crippen molar-refractivity contribution in [2.75, 3.05) is 6.61 Å². The number of halogens is 2. The van der Waals surface area contributed by atoms with Crippen LogP contribution >= 0.6 is 0 Å². The van der Waals surface area contributed by atoms with Gasteiger partial charge in [0.15, 0.2) is 0 Å². The third-order valence-corrected chi connectivity index (χ3v) is 1.77. The Hall–Kier alpha value is -0.970. The standard InChI is InChI=1S/C7H8F2N2O/c1-11-2-4(5-3-12-5)6(10-11)7(8)9/h2,5,7H,3H2,1H3/t5-/m0/s1. The minimum atomic E-state index is -2.51. The lowest BCUT2D eigenvalue weighted by atomic mass is 10.2. The van der Waals surface area contributed by atoms with Crippen molar-refractivity contribution in [1.82, 2.24) is 9.78 Å². The van der Waals surface area contributed by atoms with Crippen molar-refractivity contribution in [2.24, 2.45) is 7.05 Å². The summed E-state index contributed by atoms with van der Waals surface area (Å²) in [5.41, 5.74) is 0.368. The number of nitrogens with zero attached hydrogens (tertiary/aromatic N) is 2. The molecular formula is C7H8F2N2O. The lowest BCUT2D eigenvalue weighted by Crippen LogP contribution is -1.92. The molecule has 5 heteroatoms. The Morgan fingerprint density at radius 3 is 2.92 bits per heavy atom. The fourth-order valence-corrected chi connectivity index (χ4v) is 1.17. The number of rotatable bonds is 2. The molecule has 1 aromatic rings. The van der Waals surface area contributed by atoms with E-state index in [0.717, 1.165) is 0 Å². The van der Waals surface area contributed by atoms with Crippen molar-refractivity contribution in [3.05, 3.63) is 17.5 Å². The summed E-state index contributed by atoms with van der Waals surface area (Å²) < 4.78 is 30.9. The van der Waals surface area contributed by atoms with Gasteiger partial charge in [-0.15, -0.1) is 0 Å². The summed E-state index contributed by atoms with van der Waals surface area (Å²) in [5.74, 6) is 0. The molecule has 2 heterocycles. The van der Waals surface area contributed by atoms with Crippen LogP contribution in [0.5, 0.6) is 0 Å². The number of aromatic nitrogens is 2. The zero-order chi connectivity index (χ0) is 8.72. The maximum Gasteiger partial charge on any atom is 0.282 e. The van der Waals surface area contributed by atoms with Crippen molar-refractivity contribution in [3.63, 3.8) is 0 Å². The first kappa shape index (κ1) is 7.67. The largest absolute Gasteiger partial charge is 0.368 e. The first-order chi connectivity index (χ1) is 5.68. The quantitative estimate of drug-likeness (QED) is 0.635. The van der Waals surface area contributed by atoms with E-state index in [0.29, 0.717) is 12.2 Å². The van der Waals surface area contributed by atoms with Crippen LogP contribution in [0.2, 0.25) is 0 Å². The predicted molar refractivity (Wildman–Crippen MR) is 36.9 cm³/mol. The van der Waals surface area contributed by atoms with Crippen molar-refractivity contribution in [1.29, 1.82) is 0 Å². The number of ether oxygens (including phenoxy) is 1. The van der Waals surface area contributed by atoms with Crippen LogP contribution in [-0.2, 0) is 11.8 Å². The van der Waals surface area contributed by atoms with Crippen LogP contribution in [0.25, 0.3) is 0 Å².